The lowest BCUT2D eigenvalue weighted by atomic mass is 9.98. The molecular formula is C18H30N4O. The first kappa shape index (κ1) is 16.5. The van der Waals surface area contributed by atoms with Crippen molar-refractivity contribution in [3.05, 3.63) is 23.5 Å². The molecule has 0 aliphatic carbocycles. The summed E-state index contributed by atoms with van der Waals surface area (Å²) in [7, 11) is 2.19. The fourth-order valence-electron chi connectivity index (χ4n) is 3.57. The van der Waals surface area contributed by atoms with Crippen molar-refractivity contribution in [2.24, 2.45) is 11.8 Å². The average molecular weight is 318 g/mol. The molecule has 128 valence electrons. The second kappa shape index (κ2) is 7.05. The molecule has 3 heterocycles. The summed E-state index contributed by atoms with van der Waals surface area (Å²) < 4.78 is 0. The van der Waals surface area contributed by atoms with Gasteiger partial charge in [0.2, 0.25) is 0 Å². The monoisotopic (exact) mass is 318 g/mol. The summed E-state index contributed by atoms with van der Waals surface area (Å²) in [5.74, 6) is 1.42. The van der Waals surface area contributed by atoms with Crippen LogP contribution in [0.3, 0.4) is 0 Å². The van der Waals surface area contributed by atoms with Gasteiger partial charge in [0, 0.05) is 57.9 Å². The Hall–Kier alpha value is -1.33. The normalized spacial score (nSPS) is 21.0. The zero-order valence-electron chi connectivity index (χ0n) is 14.7. The van der Waals surface area contributed by atoms with Gasteiger partial charge in [0.1, 0.15) is 5.69 Å². The number of likely N-dealkylation sites (N-methyl/N-ethyl adjacent to an activating group) is 1. The fourth-order valence-corrected chi connectivity index (χ4v) is 3.57. The number of amides is 1. The molecule has 5 nitrogen and oxygen atoms in total. The standard InChI is InChI=1S/C18H30N4O/c1-14(2)8-15-9-17(19-10-15)18(23)22-12-16(13-22)11-21-6-4-20(3)5-7-21/h9-10,14,16,19H,4-8,11-13H2,1-3H3. The molecule has 1 aromatic heterocycles. The van der Waals surface area contributed by atoms with Crippen molar-refractivity contribution in [2.45, 2.75) is 20.3 Å². The number of carbonyl (C=O) groups excluding carboxylic acids is 1. The van der Waals surface area contributed by atoms with Gasteiger partial charge in [0.25, 0.3) is 5.91 Å². The van der Waals surface area contributed by atoms with Gasteiger partial charge in [-0.25, -0.2) is 0 Å². The molecule has 0 unspecified atom stereocenters. The average Bonchev–Trinajstić information content (AvgIpc) is 2.91. The lowest BCUT2D eigenvalue weighted by molar-refractivity contribution is 0.0354. The van der Waals surface area contributed by atoms with Crippen molar-refractivity contribution in [1.82, 2.24) is 19.7 Å². The Morgan fingerprint density at radius 2 is 1.96 bits per heavy atom. The van der Waals surface area contributed by atoms with Gasteiger partial charge >= 0.3 is 0 Å². The first-order valence-electron chi connectivity index (χ1n) is 8.88. The van der Waals surface area contributed by atoms with Crippen LogP contribution in [0.25, 0.3) is 0 Å². The summed E-state index contributed by atoms with van der Waals surface area (Å²) in [5, 5.41) is 0. The van der Waals surface area contributed by atoms with E-state index >= 15 is 0 Å². The number of nitrogens with one attached hydrogen (secondary N) is 1. The summed E-state index contributed by atoms with van der Waals surface area (Å²) in [6.45, 7) is 12.0. The molecule has 2 fully saturated rings. The number of hydrogen-bond donors (Lipinski definition) is 1. The highest BCUT2D eigenvalue weighted by molar-refractivity contribution is 5.93. The molecule has 23 heavy (non-hydrogen) atoms. The molecule has 0 spiro atoms. The summed E-state index contributed by atoms with van der Waals surface area (Å²) in [6.07, 6.45) is 3.00. The maximum atomic E-state index is 12.5. The number of piperazine rings is 1. The largest absolute Gasteiger partial charge is 0.357 e. The Kier molecular flexibility index (Phi) is 5.07. The lowest BCUT2D eigenvalue weighted by Crippen LogP contribution is -2.56. The van der Waals surface area contributed by atoms with Gasteiger partial charge in [0.05, 0.1) is 0 Å². The number of hydrogen-bond acceptors (Lipinski definition) is 3. The maximum Gasteiger partial charge on any atom is 0.270 e. The van der Waals surface area contributed by atoms with Crippen LogP contribution in [0.4, 0.5) is 0 Å². The highest BCUT2D eigenvalue weighted by atomic mass is 16.2. The molecule has 0 aromatic carbocycles. The first-order chi connectivity index (χ1) is 11.0. The van der Waals surface area contributed by atoms with E-state index in [0.29, 0.717) is 11.8 Å². The van der Waals surface area contributed by atoms with Crippen LogP contribution in [0.15, 0.2) is 12.3 Å². The molecule has 3 rings (SSSR count). The van der Waals surface area contributed by atoms with E-state index in [1.165, 1.54) is 5.56 Å². The van der Waals surface area contributed by atoms with Gasteiger partial charge in [-0.1, -0.05) is 13.8 Å². The van der Waals surface area contributed by atoms with Crippen LogP contribution in [0.2, 0.25) is 0 Å². The highest BCUT2D eigenvalue weighted by Gasteiger charge is 2.33. The summed E-state index contributed by atoms with van der Waals surface area (Å²) in [5.41, 5.74) is 1.98. The van der Waals surface area contributed by atoms with Crippen molar-refractivity contribution >= 4 is 5.91 Å². The van der Waals surface area contributed by atoms with Crippen LogP contribution in [-0.4, -0.2) is 78.5 Å². The van der Waals surface area contributed by atoms with Gasteiger partial charge < -0.3 is 19.7 Å². The smallest absolute Gasteiger partial charge is 0.270 e. The third-order valence-electron chi connectivity index (χ3n) is 4.97. The van der Waals surface area contributed by atoms with Crippen LogP contribution in [0.5, 0.6) is 0 Å². The molecule has 0 atom stereocenters. The summed E-state index contributed by atoms with van der Waals surface area (Å²) in [4.78, 5) is 22.5. The molecule has 0 radical (unpaired) electrons. The molecule has 1 aromatic rings. The summed E-state index contributed by atoms with van der Waals surface area (Å²) in [6, 6.07) is 2.02. The Labute approximate surface area is 139 Å². The van der Waals surface area contributed by atoms with E-state index in [2.05, 4.69) is 35.7 Å². The predicted molar refractivity (Wildman–Crippen MR) is 92.7 cm³/mol. The van der Waals surface area contributed by atoms with Crippen LogP contribution in [-0.2, 0) is 6.42 Å². The van der Waals surface area contributed by atoms with Crippen LogP contribution >= 0.6 is 0 Å². The number of aromatic nitrogens is 1. The predicted octanol–water partition coefficient (Wildman–Crippen LogP) is 1.53. The first-order valence-corrected chi connectivity index (χ1v) is 8.88. The number of rotatable bonds is 5. The van der Waals surface area contributed by atoms with E-state index in [9.17, 15) is 4.79 Å². The third kappa shape index (κ3) is 4.15. The molecule has 0 bridgehead atoms. The fraction of sp³-hybridized carbons (Fsp3) is 0.722. The van der Waals surface area contributed by atoms with E-state index in [4.69, 9.17) is 0 Å². The van der Waals surface area contributed by atoms with Crippen molar-refractivity contribution in [1.29, 1.82) is 0 Å². The minimum absolute atomic E-state index is 0.162. The summed E-state index contributed by atoms with van der Waals surface area (Å²) >= 11 is 0. The quantitative estimate of drug-likeness (QED) is 0.895. The third-order valence-corrected chi connectivity index (χ3v) is 4.97. The van der Waals surface area contributed by atoms with Gasteiger partial charge in [-0.15, -0.1) is 0 Å². The van der Waals surface area contributed by atoms with Gasteiger partial charge in [-0.2, -0.15) is 0 Å². The van der Waals surface area contributed by atoms with E-state index in [-0.39, 0.29) is 5.91 Å². The number of H-pyrrole nitrogens is 1. The van der Waals surface area contributed by atoms with E-state index < -0.39 is 0 Å². The zero-order chi connectivity index (χ0) is 16.4. The molecule has 1 N–H and O–H groups in total. The van der Waals surface area contributed by atoms with E-state index in [1.54, 1.807) is 0 Å². The van der Waals surface area contributed by atoms with E-state index in [1.807, 2.05) is 17.2 Å². The van der Waals surface area contributed by atoms with Crippen LogP contribution < -0.4 is 0 Å². The molecule has 5 heteroatoms. The Balaban J connectivity index is 1.43. The lowest BCUT2D eigenvalue weighted by Gasteiger charge is -2.43. The topological polar surface area (TPSA) is 42.6 Å². The molecular weight excluding hydrogens is 288 g/mol. The Morgan fingerprint density at radius 3 is 2.61 bits per heavy atom. The maximum absolute atomic E-state index is 12.5. The van der Waals surface area contributed by atoms with Gasteiger partial charge in [-0.05, 0) is 31.0 Å². The number of aromatic amines is 1. The molecule has 1 amide bonds. The number of carbonyl (C=O) groups is 1. The number of nitrogens with zero attached hydrogens (tertiary/aromatic N) is 3. The minimum atomic E-state index is 0.162. The second-order valence-corrected chi connectivity index (χ2v) is 7.70. The van der Waals surface area contributed by atoms with Crippen LogP contribution in [0.1, 0.15) is 29.9 Å². The second-order valence-electron chi connectivity index (χ2n) is 7.70. The van der Waals surface area contributed by atoms with E-state index in [0.717, 1.165) is 57.9 Å². The Bertz CT molecular complexity index is 525. The number of likely N-dealkylation sites (tertiary alicyclic amines) is 1. The van der Waals surface area contributed by atoms with Crippen molar-refractivity contribution < 1.29 is 4.79 Å². The highest BCUT2D eigenvalue weighted by Crippen LogP contribution is 2.21. The van der Waals surface area contributed by atoms with Crippen molar-refractivity contribution in [2.75, 3.05) is 52.9 Å². The van der Waals surface area contributed by atoms with Gasteiger partial charge in [-0.3, -0.25) is 4.79 Å². The van der Waals surface area contributed by atoms with Crippen molar-refractivity contribution in [3.8, 4) is 0 Å². The Morgan fingerprint density at radius 1 is 1.26 bits per heavy atom. The zero-order valence-corrected chi connectivity index (χ0v) is 14.7. The molecule has 2 aliphatic rings. The molecule has 0 saturated carbocycles. The minimum Gasteiger partial charge on any atom is -0.357 e. The molecule has 2 aliphatic heterocycles. The SMILES string of the molecule is CC(C)Cc1c[nH]c(C(=O)N2CC(CN3CCN(C)CC3)C2)c1. The van der Waals surface area contributed by atoms with Crippen molar-refractivity contribution in [3.63, 3.8) is 0 Å². The molecule has 2 saturated heterocycles. The van der Waals surface area contributed by atoms with Gasteiger partial charge in [0.15, 0.2) is 0 Å². The van der Waals surface area contributed by atoms with Crippen LogP contribution in [0, 0.1) is 11.8 Å².